The number of hydrogen-bond acceptors (Lipinski definition) is 5. The minimum atomic E-state index is -0.493. The van der Waals surface area contributed by atoms with Gasteiger partial charge >= 0.3 is 5.97 Å². The van der Waals surface area contributed by atoms with Crippen LogP contribution in [-0.4, -0.2) is 74.7 Å². The number of methoxy groups -OCH3 is 1. The van der Waals surface area contributed by atoms with E-state index in [1.807, 2.05) is 4.90 Å². The molecular weight excluding hydrogens is 236 g/mol. The van der Waals surface area contributed by atoms with Crippen LogP contribution in [0.3, 0.4) is 0 Å². The smallest absolute Gasteiger partial charge is 0.317 e. The summed E-state index contributed by atoms with van der Waals surface area (Å²) in [6, 6.07) is 0. The zero-order valence-corrected chi connectivity index (χ0v) is 11.0. The third-order valence-corrected chi connectivity index (χ3v) is 3.72. The van der Waals surface area contributed by atoms with Crippen LogP contribution in [0.5, 0.6) is 0 Å². The van der Waals surface area contributed by atoms with Crippen molar-refractivity contribution in [2.75, 3.05) is 53.0 Å². The maximum Gasteiger partial charge on any atom is 0.317 e. The maximum absolute atomic E-state index is 11.8. The van der Waals surface area contributed by atoms with Crippen molar-refractivity contribution >= 4 is 11.9 Å². The average Bonchev–Trinajstić information content (AvgIpc) is 2.33. The molecule has 0 aromatic heterocycles. The summed E-state index contributed by atoms with van der Waals surface area (Å²) in [6.07, 6.45) is 0. The van der Waals surface area contributed by atoms with E-state index in [4.69, 9.17) is 9.47 Å². The Kier molecular flexibility index (Phi) is 3.87. The monoisotopic (exact) mass is 256 g/mol. The van der Waals surface area contributed by atoms with Gasteiger partial charge in [-0.3, -0.25) is 14.5 Å². The van der Waals surface area contributed by atoms with Crippen LogP contribution in [0.25, 0.3) is 0 Å². The molecule has 2 heterocycles. The van der Waals surface area contributed by atoms with Gasteiger partial charge in [0.1, 0.15) is 5.41 Å². The lowest BCUT2D eigenvalue weighted by Gasteiger charge is -2.44. The van der Waals surface area contributed by atoms with Gasteiger partial charge in [-0.2, -0.15) is 0 Å². The Morgan fingerprint density at radius 2 is 1.83 bits per heavy atom. The van der Waals surface area contributed by atoms with Crippen LogP contribution >= 0.6 is 0 Å². The first-order valence-electron chi connectivity index (χ1n) is 6.21. The number of esters is 1. The van der Waals surface area contributed by atoms with Crippen LogP contribution in [0.4, 0.5) is 0 Å². The topological polar surface area (TPSA) is 59.1 Å². The standard InChI is InChI=1S/C12H20N2O4/c1-10(15)14-5-3-13(4-6-14)7-12(8-18-9-12)11(16)17-2/h3-9H2,1-2H3. The van der Waals surface area contributed by atoms with E-state index in [0.717, 1.165) is 26.2 Å². The van der Waals surface area contributed by atoms with Gasteiger partial charge in [-0.1, -0.05) is 0 Å². The first-order valence-corrected chi connectivity index (χ1v) is 6.21. The maximum atomic E-state index is 11.8. The van der Waals surface area contributed by atoms with Gasteiger partial charge in [0.25, 0.3) is 0 Å². The summed E-state index contributed by atoms with van der Waals surface area (Å²) >= 11 is 0. The molecule has 2 aliphatic heterocycles. The molecular formula is C12H20N2O4. The summed E-state index contributed by atoms with van der Waals surface area (Å²) in [5, 5.41) is 0. The van der Waals surface area contributed by atoms with Gasteiger partial charge in [0.05, 0.1) is 20.3 Å². The molecule has 0 atom stereocenters. The molecule has 0 aromatic carbocycles. The lowest BCUT2D eigenvalue weighted by molar-refractivity contribution is -0.187. The Bertz CT molecular complexity index is 333. The molecule has 0 aliphatic carbocycles. The van der Waals surface area contributed by atoms with Gasteiger partial charge in [-0.15, -0.1) is 0 Å². The Morgan fingerprint density at radius 1 is 1.22 bits per heavy atom. The Morgan fingerprint density at radius 3 is 2.22 bits per heavy atom. The fourth-order valence-electron chi connectivity index (χ4n) is 2.49. The number of amides is 1. The van der Waals surface area contributed by atoms with Crippen LogP contribution in [0.15, 0.2) is 0 Å². The highest BCUT2D eigenvalue weighted by Crippen LogP contribution is 2.30. The number of piperazine rings is 1. The summed E-state index contributed by atoms with van der Waals surface area (Å²) in [6.45, 7) is 6.19. The summed E-state index contributed by atoms with van der Waals surface area (Å²) in [5.41, 5.74) is -0.493. The number of nitrogens with zero attached hydrogens (tertiary/aromatic N) is 2. The predicted octanol–water partition coefficient (Wildman–Crippen LogP) is -0.660. The quantitative estimate of drug-likeness (QED) is 0.627. The molecule has 102 valence electrons. The lowest BCUT2D eigenvalue weighted by Crippen LogP contribution is -2.59. The first-order chi connectivity index (χ1) is 8.57. The van der Waals surface area contributed by atoms with Gasteiger partial charge in [-0.05, 0) is 0 Å². The SMILES string of the molecule is COC(=O)C1(CN2CCN(C(C)=O)CC2)COC1. The predicted molar refractivity (Wildman–Crippen MR) is 64.0 cm³/mol. The van der Waals surface area contributed by atoms with Crippen molar-refractivity contribution in [3.8, 4) is 0 Å². The molecule has 0 aromatic rings. The Balaban J connectivity index is 1.87. The normalized spacial score (nSPS) is 23.3. The van der Waals surface area contributed by atoms with Crippen LogP contribution in [0, 0.1) is 5.41 Å². The lowest BCUT2D eigenvalue weighted by atomic mass is 9.85. The zero-order chi connectivity index (χ0) is 13.2. The molecule has 2 aliphatic rings. The van der Waals surface area contributed by atoms with Crippen molar-refractivity contribution in [1.29, 1.82) is 0 Å². The Hall–Kier alpha value is -1.14. The summed E-state index contributed by atoms with van der Waals surface area (Å²) in [5.74, 6) is -0.0768. The molecule has 0 radical (unpaired) electrons. The van der Waals surface area contributed by atoms with Crippen LogP contribution in [0.2, 0.25) is 0 Å². The molecule has 0 unspecified atom stereocenters. The van der Waals surface area contributed by atoms with E-state index in [-0.39, 0.29) is 11.9 Å². The van der Waals surface area contributed by atoms with Gasteiger partial charge < -0.3 is 14.4 Å². The van der Waals surface area contributed by atoms with Gasteiger partial charge in [0.15, 0.2) is 0 Å². The van der Waals surface area contributed by atoms with Gasteiger partial charge in [0.2, 0.25) is 5.91 Å². The molecule has 0 saturated carbocycles. The highest BCUT2D eigenvalue weighted by Gasteiger charge is 2.48. The Labute approximate surface area is 107 Å². The third kappa shape index (κ3) is 2.49. The number of ether oxygens (including phenoxy) is 2. The summed E-state index contributed by atoms with van der Waals surface area (Å²) < 4.78 is 10.0. The highest BCUT2D eigenvalue weighted by atomic mass is 16.5. The van der Waals surface area contributed by atoms with Gasteiger partial charge in [-0.25, -0.2) is 0 Å². The molecule has 2 saturated heterocycles. The van der Waals surface area contributed by atoms with E-state index in [1.54, 1.807) is 6.92 Å². The zero-order valence-electron chi connectivity index (χ0n) is 11.0. The molecule has 0 N–H and O–H groups in total. The fraction of sp³-hybridized carbons (Fsp3) is 0.833. The molecule has 2 fully saturated rings. The molecule has 0 spiro atoms. The second-order valence-corrected chi connectivity index (χ2v) is 5.05. The molecule has 18 heavy (non-hydrogen) atoms. The number of carbonyl (C=O) groups is 2. The van der Waals surface area contributed by atoms with Crippen molar-refractivity contribution in [2.24, 2.45) is 5.41 Å². The van der Waals surface area contributed by atoms with Crippen LogP contribution in [0.1, 0.15) is 6.92 Å². The number of hydrogen-bond donors (Lipinski definition) is 0. The molecule has 6 nitrogen and oxygen atoms in total. The van der Waals surface area contributed by atoms with Crippen LogP contribution < -0.4 is 0 Å². The van der Waals surface area contributed by atoms with E-state index >= 15 is 0 Å². The molecule has 6 heteroatoms. The fourth-order valence-corrected chi connectivity index (χ4v) is 2.49. The largest absolute Gasteiger partial charge is 0.468 e. The van der Waals surface area contributed by atoms with Gasteiger partial charge in [0, 0.05) is 39.6 Å². The van der Waals surface area contributed by atoms with E-state index in [0.29, 0.717) is 19.8 Å². The van der Waals surface area contributed by atoms with Crippen molar-refractivity contribution in [1.82, 2.24) is 9.80 Å². The third-order valence-electron chi connectivity index (χ3n) is 3.72. The summed E-state index contributed by atoms with van der Waals surface area (Å²) in [4.78, 5) is 27.0. The van der Waals surface area contributed by atoms with E-state index in [1.165, 1.54) is 7.11 Å². The van der Waals surface area contributed by atoms with Crippen LogP contribution in [-0.2, 0) is 19.1 Å². The second kappa shape index (κ2) is 5.24. The van der Waals surface area contributed by atoms with Crippen molar-refractivity contribution in [3.05, 3.63) is 0 Å². The second-order valence-electron chi connectivity index (χ2n) is 5.05. The average molecular weight is 256 g/mol. The van der Waals surface area contributed by atoms with E-state index in [9.17, 15) is 9.59 Å². The first kappa shape index (κ1) is 13.3. The van der Waals surface area contributed by atoms with Crippen molar-refractivity contribution < 1.29 is 19.1 Å². The molecule has 2 rings (SSSR count). The minimum absolute atomic E-state index is 0.115. The number of carbonyl (C=O) groups excluding carboxylic acids is 2. The summed E-state index contributed by atoms with van der Waals surface area (Å²) in [7, 11) is 1.41. The van der Waals surface area contributed by atoms with Crippen molar-refractivity contribution in [2.45, 2.75) is 6.92 Å². The minimum Gasteiger partial charge on any atom is -0.468 e. The molecule has 0 bridgehead atoms. The molecule has 1 amide bonds. The van der Waals surface area contributed by atoms with E-state index < -0.39 is 5.41 Å². The van der Waals surface area contributed by atoms with E-state index in [2.05, 4.69) is 4.90 Å². The van der Waals surface area contributed by atoms with Crippen molar-refractivity contribution in [3.63, 3.8) is 0 Å². The highest BCUT2D eigenvalue weighted by molar-refractivity contribution is 5.78. The number of rotatable bonds is 3.